The number of esters is 1. The summed E-state index contributed by atoms with van der Waals surface area (Å²) in [7, 11) is 0. The highest BCUT2D eigenvalue weighted by Gasteiger charge is 2.18. The first-order valence-corrected chi connectivity index (χ1v) is 34.3. The van der Waals surface area contributed by atoms with E-state index in [0.717, 1.165) is 44.9 Å². The van der Waals surface area contributed by atoms with Gasteiger partial charge >= 0.3 is 5.97 Å². The second-order valence-electron chi connectivity index (χ2n) is 23.5. The van der Waals surface area contributed by atoms with E-state index in [-0.39, 0.29) is 18.5 Å². The van der Waals surface area contributed by atoms with Crippen molar-refractivity contribution in [3.8, 4) is 0 Å². The van der Waals surface area contributed by atoms with Crippen molar-refractivity contribution in [1.82, 2.24) is 5.32 Å². The van der Waals surface area contributed by atoms with Gasteiger partial charge in [-0.25, -0.2) is 0 Å². The van der Waals surface area contributed by atoms with Crippen LogP contribution < -0.4 is 5.32 Å². The minimum absolute atomic E-state index is 0.00900. The van der Waals surface area contributed by atoms with Crippen molar-refractivity contribution in [1.29, 1.82) is 0 Å². The van der Waals surface area contributed by atoms with Crippen molar-refractivity contribution in [2.24, 2.45) is 0 Å². The van der Waals surface area contributed by atoms with E-state index in [1.165, 1.54) is 302 Å². The minimum atomic E-state index is -0.842. The molecule has 2 atom stereocenters. The van der Waals surface area contributed by atoms with Crippen LogP contribution in [0.3, 0.4) is 0 Å². The zero-order valence-electron chi connectivity index (χ0n) is 51.3. The highest BCUT2D eigenvalue weighted by molar-refractivity contribution is 5.76. The lowest BCUT2D eigenvalue weighted by Gasteiger charge is -2.20. The van der Waals surface area contributed by atoms with E-state index < -0.39 is 12.1 Å². The van der Waals surface area contributed by atoms with Crippen LogP contribution in [0.25, 0.3) is 0 Å². The van der Waals surface area contributed by atoms with Gasteiger partial charge in [-0.3, -0.25) is 9.59 Å². The molecule has 0 bridgehead atoms. The second-order valence-corrected chi connectivity index (χ2v) is 23.5. The van der Waals surface area contributed by atoms with Gasteiger partial charge in [0.05, 0.1) is 25.4 Å². The summed E-state index contributed by atoms with van der Waals surface area (Å²) in [6.45, 7) is 4.91. The largest absolute Gasteiger partial charge is 0.466 e. The first-order chi connectivity index (χ1) is 37.5. The molecule has 0 aromatic rings. The third kappa shape index (κ3) is 61.3. The molecule has 3 N–H and O–H groups in total. The molecule has 76 heavy (non-hydrogen) atoms. The Hall–Kier alpha value is -1.92. The first kappa shape index (κ1) is 74.1. The molecule has 6 nitrogen and oxygen atoms in total. The van der Waals surface area contributed by atoms with Crippen LogP contribution in [0.15, 0.2) is 36.5 Å². The fourth-order valence-corrected chi connectivity index (χ4v) is 10.6. The Labute approximate surface area is 474 Å². The summed E-state index contributed by atoms with van der Waals surface area (Å²) in [6.07, 6.45) is 83.6. The van der Waals surface area contributed by atoms with Gasteiger partial charge in [-0.1, -0.05) is 314 Å². The maximum atomic E-state index is 12.5. The summed E-state index contributed by atoms with van der Waals surface area (Å²) in [4.78, 5) is 24.5. The van der Waals surface area contributed by atoms with Crippen molar-refractivity contribution in [2.45, 2.75) is 386 Å². The molecule has 0 heterocycles. The Morgan fingerprint density at radius 1 is 0.355 bits per heavy atom. The summed E-state index contributed by atoms with van der Waals surface area (Å²) in [5, 5.41) is 23.1. The van der Waals surface area contributed by atoms with Gasteiger partial charge in [0.2, 0.25) is 5.91 Å². The number of aliphatic hydroxyl groups is 2. The first-order valence-electron chi connectivity index (χ1n) is 34.3. The topological polar surface area (TPSA) is 95.9 Å². The Bertz CT molecular complexity index is 1230. The van der Waals surface area contributed by atoms with Gasteiger partial charge in [-0.15, -0.1) is 0 Å². The Kier molecular flexibility index (Phi) is 63.9. The van der Waals surface area contributed by atoms with Crippen molar-refractivity contribution in [3.63, 3.8) is 0 Å². The number of hydrogen-bond acceptors (Lipinski definition) is 5. The predicted octanol–water partition coefficient (Wildman–Crippen LogP) is 21.9. The third-order valence-corrected chi connectivity index (χ3v) is 15.9. The lowest BCUT2D eigenvalue weighted by molar-refractivity contribution is -0.143. The monoisotopic (exact) mass is 1070 g/mol. The van der Waals surface area contributed by atoms with E-state index in [1.54, 1.807) is 6.08 Å². The molecule has 0 saturated carbocycles. The molecule has 0 aliphatic rings. The molecule has 0 aromatic carbocycles. The highest BCUT2D eigenvalue weighted by atomic mass is 16.5. The van der Waals surface area contributed by atoms with Gasteiger partial charge in [-0.2, -0.15) is 0 Å². The van der Waals surface area contributed by atoms with Crippen LogP contribution in [-0.2, 0) is 14.3 Å². The normalized spacial score (nSPS) is 12.7. The molecule has 6 heteroatoms. The van der Waals surface area contributed by atoms with E-state index in [9.17, 15) is 19.8 Å². The number of allylic oxidation sites excluding steroid dienone is 5. The fourth-order valence-electron chi connectivity index (χ4n) is 10.6. The average Bonchev–Trinajstić information content (AvgIpc) is 3.42. The lowest BCUT2D eigenvalue weighted by atomic mass is 10.0. The van der Waals surface area contributed by atoms with Gasteiger partial charge in [0, 0.05) is 12.8 Å². The van der Waals surface area contributed by atoms with Gasteiger partial charge in [0.15, 0.2) is 0 Å². The number of hydrogen-bond donors (Lipinski definition) is 3. The Morgan fingerprint density at radius 2 is 0.618 bits per heavy atom. The minimum Gasteiger partial charge on any atom is -0.466 e. The van der Waals surface area contributed by atoms with Gasteiger partial charge < -0.3 is 20.3 Å². The number of ether oxygens (including phenoxy) is 1. The number of carbonyl (C=O) groups excluding carboxylic acids is 2. The molecule has 0 saturated heterocycles. The molecule has 0 spiro atoms. The molecule has 0 radical (unpaired) electrons. The Morgan fingerprint density at radius 3 is 0.934 bits per heavy atom. The van der Waals surface area contributed by atoms with Crippen LogP contribution >= 0.6 is 0 Å². The van der Waals surface area contributed by atoms with Crippen molar-refractivity contribution < 1.29 is 24.5 Å². The second kappa shape index (κ2) is 65.6. The maximum absolute atomic E-state index is 12.5. The van der Waals surface area contributed by atoms with Crippen LogP contribution in [0.2, 0.25) is 0 Å². The zero-order valence-corrected chi connectivity index (χ0v) is 51.3. The summed E-state index contributed by atoms with van der Waals surface area (Å²) in [5.41, 5.74) is 0. The van der Waals surface area contributed by atoms with Crippen molar-refractivity contribution >= 4 is 11.9 Å². The summed E-state index contributed by atoms with van der Waals surface area (Å²) in [5.74, 6) is -0.0554. The molecule has 0 aliphatic heterocycles. The summed E-state index contributed by atoms with van der Waals surface area (Å²) < 4.78 is 5.48. The fraction of sp³-hybridized carbons (Fsp3) is 0.886. The van der Waals surface area contributed by atoms with Gasteiger partial charge in [-0.05, 0) is 83.5 Å². The van der Waals surface area contributed by atoms with Gasteiger partial charge in [0.25, 0.3) is 0 Å². The number of amides is 1. The number of rotatable bonds is 64. The smallest absolute Gasteiger partial charge is 0.305 e. The molecular formula is C70H133NO5. The molecule has 448 valence electrons. The number of aliphatic hydroxyl groups excluding tert-OH is 2. The van der Waals surface area contributed by atoms with E-state index in [2.05, 4.69) is 43.5 Å². The average molecular weight is 1070 g/mol. The van der Waals surface area contributed by atoms with E-state index in [0.29, 0.717) is 19.4 Å². The lowest BCUT2D eigenvalue weighted by Crippen LogP contribution is -2.45. The molecule has 1 amide bonds. The predicted molar refractivity (Wildman–Crippen MR) is 333 cm³/mol. The molecular weight excluding hydrogens is 935 g/mol. The highest BCUT2D eigenvalue weighted by Crippen LogP contribution is 2.18. The van der Waals surface area contributed by atoms with Crippen LogP contribution in [0, 0.1) is 0 Å². The zero-order chi connectivity index (χ0) is 55.0. The Balaban J connectivity index is 3.37. The third-order valence-electron chi connectivity index (χ3n) is 15.9. The van der Waals surface area contributed by atoms with E-state index in [1.807, 2.05) is 6.08 Å². The maximum Gasteiger partial charge on any atom is 0.305 e. The molecule has 0 aliphatic carbocycles. The summed E-state index contributed by atoms with van der Waals surface area (Å²) in [6, 6.07) is -0.626. The molecule has 0 aromatic heterocycles. The van der Waals surface area contributed by atoms with Crippen LogP contribution in [0.5, 0.6) is 0 Å². The van der Waals surface area contributed by atoms with Crippen LogP contribution in [0.4, 0.5) is 0 Å². The van der Waals surface area contributed by atoms with Crippen LogP contribution in [-0.4, -0.2) is 47.4 Å². The van der Waals surface area contributed by atoms with Crippen LogP contribution in [0.1, 0.15) is 373 Å². The van der Waals surface area contributed by atoms with Crippen molar-refractivity contribution in [2.75, 3.05) is 13.2 Å². The number of nitrogens with one attached hydrogen (secondary N) is 1. The molecule has 0 fully saturated rings. The van der Waals surface area contributed by atoms with Crippen molar-refractivity contribution in [3.05, 3.63) is 36.5 Å². The summed E-state index contributed by atoms with van der Waals surface area (Å²) >= 11 is 0. The van der Waals surface area contributed by atoms with E-state index in [4.69, 9.17) is 4.74 Å². The quantitative estimate of drug-likeness (QED) is 0.0320. The van der Waals surface area contributed by atoms with Gasteiger partial charge in [0.1, 0.15) is 0 Å². The number of unbranched alkanes of at least 4 members (excludes halogenated alkanes) is 49. The SMILES string of the molecule is CCCCCCC/C=C\CCCCCCCC(=O)OCCCCCCCCCCCCCC/C=C\CCCCCCCCCCCCCCCCCC(=O)NC(CO)C(O)/C=C/CCCCCCCCCCCCCC. The molecule has 0 rings (SSSR count). The van der Waals surface area contributed by atoms with E-state index >= 15 is 0 Å². The molecule has 2 unspecified atom stereocenters. The number of carbonyl (C=O) groups is 2. The standard InChI is InChI=1S/C70H133NO5/c1-3-5-7-9-11-13-15-17-38-42-46-50-54-58-62-68(73)67(66-72)71-69(74)63-59-55-51-47-43-39-36-34-32-30-28-26-24-22-20-19-21-23-25-27-29-31-33-35-37-41-45-49-53-57-61-65-76-70(75)64-60-56-52-48-44-40-18-16-14-12-10-8-6-4-2/h16,18,21,23,58,62,67-68,72-73H,3-15,17,19-20,22,24-57,59-61,63-66H2,1-2H3,(H,71,74)/b18-16-,23-21-,62-58+.